The van der Waals surface area contributed by atoms with Crippen LogP contribution in [0.15, 0.2) is 18.2 Å². The zero-order valence-electron chi connectivity index (χ0n) is 11.3. The third kappa shape index (κ3) is 2.18. The standard InChI is InChI=1S/C14H14N4O3/c15-7-9-6-10(18(20)21)3-4-12(9)17-5-1-2-11-13(17)8-16-14(11)19/h3-4,6,11,13H,1-2,5,8H2,(H,16,19). The van der Waals surface area contributed by atoms with Gasteiger partial charge in [-0.3, -0.25) is 14.9 Å². The Hall–Kier alpha value is -2.62. The van der Waals surface area contributed by atoms with Crippen LogP contribution in [0.25, 0.3) is 0 Å². The van der Waals surface area contributed by atoms with Crippen LogP contribution in [0, 0.1) is 27.4 Å². The van der Waals surface area contributed by atoms with Crippen molar-refractivity contribution in [1.82, 2.24) is 5.32 Å². The molecule has 1 aromatic carbocycles. The number of piperidine rings is 1. The van der Waals surface area contributed by atoms with Crippen LogP contribution in [0.3, 0.4) is 0 Å². The summed E-state index contributed by atoms with van der Waals surface area (Å²) in [5.74, 6) is 0.00519. The van der Waals surface area contributed by atoms with Crippen LogP contribution in [-0.2, 0) is 4.79 Å². The number of nitrogens with one attached hydrogen (secondary N) is 1. The Morgan fingerprint density at radius 2 is 2.29 bits per heavy atom. The molecule has 0 bridgehead atoms. The Morgan fingerprint density at radius 3 is 3.00 bits per heavy atom. The van der Waals surface area contributed by atoms with E-state index in [9.17, 15) is 20.2 Å². The van der Waals surface area contributed by atoms with Crippen LogP contribution in [0.1, 0.15) is 18.4 Å². The highest BCUT2D eigenvalue weighted by molar-refractivity contribution is 5.83. The minimum atomic E-state index is -0.510. The molecule has 1 N–H and O–H groups in total. The van der Waals surface area contributed by atoms with Gasteiger partial charge in [0.15, 0.2) is 0 Å². The molecule has 0 saturated carbocycles. The van der Waals surface area contributed by atoms with Gasteiger partial charge in [0.1, 0.15) is 6.07 Å². The predicted molar refractivity (Wildman–Crippen MR) is 74.7 cm³/mol. The number of nitro benzene ring substituents is 1. The zero-order valence-corrected chi connectivity index (χ0v) is 11.3. The number of nitriles is 1. The summed E-state index contributed by atoms with van der Waals surface area (Å²) >= 11 is 0. The molecule has 2 atom stereocenters. The quantitative estimate of drug-likeness (QED) is 0.650. The molecule has 0 aromatic heterocycles. The number of carbonyl (C=O) groups is 1. The van der Waals surface area contributed by atoms with Crippen molar-refractivity contribution in [3.8, 4) is 6.07 Å². The molecule has 0 spiro atoms. The topological polar surface area (TPSA) is 99.3 Å². The van der Waals surface area contributed by atoms with Crippen molar-refractivity contribution in [3.05, 3.63) is 33.9 Å². The molecule has 2 unspecified atom stereocenters. The third-order valence-electron chi connectivity index (χ3n) is 4.22. The molecule has 7 heteroatoms. The molecule has 2 saturated heterocycles. The maximum absolute atomic E-state index is 11.8. The fourth-order valence-electron chi connectivity index (χ4n) is 3.23. The van der Waals surface area contributed by atoms with Crippen molar-refractivity contribution in [3.63, 3.8) is 0 Å². The smallest absolute Gasteiger partial charge is 0.270 e. The number of nitrogens with zero attached hydrogens (tertiary/aromatic N) is 3. The molecule has 3 rings (SSSR count). The van der Waals surface area contributed by atoms with E-state index in [-0.39, 0.29) is 29.1 Å². The highest BCUT2D eigenvalue weighted by atomic mass is 16.6. The van der Waals surface area contributed by atoms with Gasteiger partial charge in [0.25, 0.3) is 5.69 Å². The Balaban J connectivity index is 1.98. The zero-order chi connectivity index (χ0) is 15.0. The second-order valence-electron chi connectivity index (χ2n) is 5.32. The largest absolute Gasteiger partial charge is 0.365 e. The average Bonchev–Trinajstić information content (AvgIpc) is 2.88. The average molecular weight is 286 g/mol. The van der Waals surface area contributed by atoms with Gasteiger partial charge in [-0.25, -0.2) is 0 Å². The molecule has 1 amide bonds. The van der Waals surface area contributed by atoms with Gasteiger partial charge in [-0.1, -0.05) is 0 Å². The summed E-state index contributed by atoms with van der Waals surface area (Å²) in [5.41, 5.74) is 0.864. The Bertz CT molecular complexity index is 652. The highest BCUT2D eigenvalue weighted by Crippen LogP contribution is 2.34. The third-order valence-corrected chi connectivity index (χ3v) is 4.22. The summed E-state index contributed by atoms with van der Waals surface area (Å²) in [5, 5.41) is 22.9. The second-order valence-corrected chi connectivity index (χ2v) is 5.32. The van der Waals surface area contributed by atoms with Crippen molar-refractivity contribution in [2.24, 2.45) is 5.92 Å². The summed E-state index contributed by atoms with van der Waals surface area (Å²) < 4.78 is 0. The van der Waals surface area contributed by atoms with E-state index in [0.717, 1.165) is 19.4 Å². The number of non-ortho nitro benzene ring substituents is 1. The van der Waals surface area contributed by atoms with Gasteiger partial charge < -0.3 is 10.2 Å². The number of nitro groups is 1. The van der Waals surface area contributed by atoms with Crippen LogP contribution < -0.4 is 10.2 Å². The number of benzene rings is 1. The normalized spacial score (nSPS) is 24.1. The van der Waals surface area contributed by atoms with Gasteiger partial charge in [-0.2, -0.15) is 5.26 Å². The molecule has 108 valence electrons. The molecule has 2 aliphatic rings. The molecule has 2 fully saturated rings. The first-order valence-electron chi connectivity index (χ1n) is 6.84. The fourth-order valence-corrected chi connectivity index (χ4v) is 3.23. The van der Waals surface area contributed by atoms with Gasteiger partial charge in [-0.05, 0) is 18.9 Å². The molecule has 0 aliphatic carbocycles. The van der Waals surface area contributed by atoms with Crippen molar-refractivity contribution < 1.29 is 9.72 Å². The van der Waals surface area contributed by atoms with Crippen molar-refractivity contribution in [2.45, 2.75) is 18.9 Å². The second kappa shape index (κ2) is 5.05. The molecule has 1 aromatic rings. The minimum absolute atomic E-state index is 0.0276. The van der Waals surface area contributed by atoms with Gasteiger partial charge in [-0.15, -0.1) is 0 Å². The van der Waals surface area contributed by atoms with Gasteiger partial charge >= 0.3 is 0 Å². The maximum atomic E-state index is 11.8. The van der Waals surface area contributed by atoms with E-state index in [0.29, 0.717) is 12.2 Å². The van der Waals surface area contributed by atoms with Crippen LogP contribution >= 0.6 is 0 Å². The molecular weight excluding hydrogens is 272 g/mol. The number of anilines is 1. The lowest BCUT2D eigenvalue weighted by Crippen LogP contribution is -2.46. The SMILES string of the molecule is N#Cc1cc([N+](=O)[O-])ccc1N1CCCC2C(=O)NCC21. The highest BCUT2D eigenvalue weighted by Gasteiger charge is 2.41. The van der Waals surface area contributed by atoms with Crippen molar-refractivity contribution in [1.29, 1.82) is 5.26 Å². The van der Waals surface area contributed by atoms with E-state index in [1.165, 1.54) is 12.1 Å². The number of rotatable bonds is 2. The van der Waals surface area contributed by atoms with Gasteiger partial charge in [0.05, 0.1) is 28.1 Å². The summed E-state index contributed by atoms with van der Waals surface area (Å²) in [6.45, 7) is 1.31. The lowest BCUT2D eigenvalue weighted by Gasteiger charge is -2.38. The summed E-state index contributed by atoms with van der Waals surface area (Å²) in [6, 6.07) is 6.37. The van der Waals surface area contributed by atoms with Crippen LogP contribution in [0.5, 0.6) is 0 Å². The Morgan fingerprint density at radius 1 is 1.48 bits per heavy atom. The fraction of sp³-hybridized carbons (Fsp3) is 0.429. The van der Waals surface area contributed by atoms with Gasteiger partial charge in [0.2, 0.25) is 5.91 Å². The molecule has 0 radical (unpaired) electrons. The van der Waals surface area contributed by atoms with Crippen LogP contribution in [0.4, 0.5) is 11.4 Å². The first kappa shape index (κ1) is 13.4. The van der Waals surface area contributed by atoms with E-state index in [1.54, 1.807) is 6.07 Å². The first-order chi connectivity index (χ1) is 10.1. The van der Waals surface area contributed by atoms with E-state index in [2.05, 4.69) is 5.32 Å². The molecule has 2 heterocycles. The summed E-state index contributed by atoms with van der Waals surface area (Å²) in [4.78, 5) is 24.1. The number of fused-ring (bicyclic) bond motifs is 1. The maximum Gasteiger partial charge on any atom is 0.270 e. The van der Waals surface area contributed by atoms with E-state index in [1.807, 2.05) is 11.0 Å². The number of amides is 1. The van der Waals surface area contributed by atoms with Crippen molar-refractivity contribution >= 4 is 17.3 Å². The Labute approximate surface area is 121 Å². The number of hydrogen-bond donors (Lipinski definition) is 1. The monoisotopic (exact) mass is 286 g/mol. The number of carbonyl (C=O) groups excluding carboxylic acids is 1. The summed E-state index contributed by atoms with van der Waals surface area (Å²) in [7, 11) is 0. The minimum Gasteiger partial charge on any atom is -0.365 e. The van der Waals surface area contributed by atoms with E-state index in [4.69, 9.17) is 0 Å². The lowest BCUT2D eigenvalue weighted by molar-refractivity contribution is -0.384. The summed E-state index contributed by atoms with van der Waals surface area (Å²) in [6.07, 6.45) is 1.72. The lowest BCUT2D eigenvalue weighted by atomic mass is 9.90. The molecule has 7 nitrogen and oxygen atoms in total. The van der Waals surface area contributed by atoms with E-state index >= 15 is 0 Å². The van der Waals surface area contributed by atoms with Crippen LogP contribution in [0.2, 0.25) is 0 Å². The predicted octanol–water partition coefficient (Wildman–Crippen LogP) is 1.18. The molecular formula is C14H14N4O3. The number of hydrogen-bond acceptors (Lipinski definition) is 5. The molecule has 21 heavy (non-hydrogen) atoms. The van der Waals surface area contributed by atoms with Crippen LogP contribution in [-0.4, -0.2) is 30.0 Å². The van der Waals surface area contributed by atoms with Crippen molar-refractivity contribution in [2.75, 3.05) is 18.0 Å². The van der Waals surface area contributed by atoms with E-state index < -0.39 is 4.92 Å². The molecule has 2 aliphatic heterocycles. The first-order valence-corrected chi connectivity index (χ1v) is 6.84. The Kier molecular flexibility index (Phi) is 3.22. The van der Waals surface area contributed by atoms with Gasteiger partial charge in [0, 0.05) is 25.2 Å².